The average molecular weight is 220 g/mol. The molecule has 0 aromatic rings. The predicted octanol–water partition coefficient (Wildman–Crippen LogP) is 3.28. The molecule has 1 spiro atoms. The summed E-state index contributed by atoms with van der Waals surface area (Å²) in [7, 11) is 0. The highest BCUT2D eigenvalue weighted by Crippen LogP contribution is 2.67. The summed E-state index contributed by atoms with van der Waals surface area (Å²) in [5.74, 6) is 2.94. The van der Waals surface area contributed by atoms with Crippen LogP contribution in [0.3, 0.4) is 0 Å². The van der Waals surface area contributed by atoms with Crippen LogP contribution >= 0.6 is 0 Å². The first kappa shape index (κ1) is 10.4. The van der Waals surface area contributed by atoms with Gasteiger partial charge in [0.2, 0.25) is 0 Å². The van der Waals surface area contributed by atoms with Crippen molar-refractivity contribution in [3.8, 4) is 0 Å². The van der Waals surface area contributed by atoms with Gasteiger partial charge >= 0.3 is 5.97 Å². The molecule has 0 radical (unpaired) electrons. The van der Waals surface area contributed by atoms with E-state index in [1.54, 1.807) is 0 Å². The van der Waals surface area contributed by atoms with Gasteiger partial charge < -0.3 is 4.74 Å². The first-order chi connectivity index (χ1) is 7.63. The van der Waals surface area contributed by atoms with E-state index in [1.165, 1.54) is 32.6 Å². The van der Waals surface area contributed by atoms with Crippen LogP contribution in [0.1, 0.15) is 46.0 Å². The summed E-state index contributed by atoms with van der Waals surface area (Å²) in [6, 6.07) is 0. The van der Waals surface area contributed by atoms with Crippen molar-refractivity contribution in [1.29, 1.82) is 0 Å². The number of esters is 1. The number of ether oxygens (including phenoxy) is 1. The molecule has 4 atom stereocenters. The van der Waals surface area contributed by atoms with Crippen molar-refractivity contribution in [2.45, 2.75) is 46.0 Å². The van der Waals surface area contributed by atoms with Crippen LogP contribution < -0.4 is 0 Å². The van der Waals surface area contributed by atoms with E-state index in [-0.39, 0.29) is 5.97 Å². The molecule has 0 N–H and O–H groups in total. The summed E-state index contributed by atoms with van der Waals surface area (Å²) in [6.45, 7) is 3.81. The Morgan fingerprint density at radius 2 is 2.38 bits per heavy atom. The Kier molecular flexibility index (Phi) is 2.17. The smallest absolute Gasteiger partial charge is 0.307 e. The second-order valence-electron chi connectivity index (χ2n) is 5.92. The maximum absolute atomic E-state index is 11.1. The fourth-order valence-corrected chi connectivity index (χ4v) is 4.67. The van der Waals surface area contributed by atoms with Gasteiger partial charge in [0.1, 0.15) is 5.76 Å². The molecule has 0 heterocycles. The average Bonchev–Trinajstić information content (AvgIpc) is 2.59. The monoisotopic (exact) mass is 220 g/mol. The molecule has 2 fully saturated rings. The minimum absolute atomic E-state index is 0.156. The highest BCUT2D eigenvalue weighted by Gasteiger charge is 2.60. The highest BCUT2D eigenvalue weighted by atomic mass is 16.5. The SMILES string of the molecule is CC(=O)OC1=CC[C@H]2CCC[C@]23C[C@H](C)[C@H]13. The van der Waals surface area contributed by atoms with Crippen molar-refractivity contribution >= 4 is 5.97 Å². The fraction of sp³-hybridized carbons (Fsp3) is 0.786. The van der Waals surface area contributed by atoms with E-state index < -0.39 is 0 Å². The van der Waals surface area contributed by atoms with Crippen molar-refractivity contribution < 1.29 is 9.53 Å². The van der Waals surface area contributed by atoms with E-state index >= 15 is 0 Å². The predicted molar refractivity (Wildman–Crippen MR) is 61.5 cm³/mol. The molecule has 16 heavy (non-hydrogen) atoms. The van der Waals surface area contributed by atoms with Gasteiger partial charge in [0.15, 0.2) is 0 Å². The largest absolute Gasteiger partial charge is 0.431 e. The third-order valence-corrected chi connectivity index (χ3v) is 5.07. The van der Waals surface area contributed by atoms with Gasteiger partial charge in [0.25, 0.3) is 0 Å². The molecule has 0 amide bonds. The van der Waals surface area contributed by atoms with Gasteiger partial charge in [-0.1, -0.05) is 13.3 Å². The molecule has 0 aromatic carbocycles. The number of rotatable bonds is 1. The third kappa shape index (κ3) is 1.22. The van der Waals surface area contributed by atoms with Gasteiger partial charge in [0, 0.05) is 12.8 Å². The molecule has 0 saturated heterocycles. The summed E-state index contributed by atoms with van der Waals surface area (Å²) in [5, 5.41) is 0. The first-order valence-corrected chi connectivity index (χ1v) is 6.52. The molecule has 0 unspecified atom stereocenters. The lowest BCUT2D eigenvalue weighted by molar-refractivity contribution is -0.144. The quantitative estimate of drug-likeness (QED) is 0.634. The number of hydrogen-bond donors (Lipinski definition) is 0. The summed E-state index contributed by atoms with van der Waals surface area (Å²) in [5.41, 5.74) is 0.513. The van der Waals surface area contributed by atoms with Crippen molar-refractivity contribution in [2.24, 2.45) is 23.2 Å². The highest BCUT2D eigenvalue weighted by molar-refractivity contribution is 5.67. The van der Waals surface area contributed by atoms with Gasteiger partial charge in [-0.15, -0.1) is 0 Å². The molecule has 3 aliphatic rings. The van der Waals surface area contributed by atoms with Crippen LogP contribution in [0.4, 0.5) is 0 Å². The molecule has 0 aromatic heterocycles. The molecule has 3 rings (SSSR count). The maximum atomic E-state index is 11.1. The van der Waals surface area contributed by atoms with Crippen LogP contribution in [-0.4, -0.2) is 5.97 Å². The zero-order valence-corrected chi connectivity index (χ0v) is 10.2. The molecule has 0 aliphatic heterocycles. The first-order valence-electron chi connectivity index (χ1n) is 6.52. The molecular weight excluding hydrogens is 200 g/mol. The Hall–Kier alpha value is -0.790. The van der Waals surface area contributed by atoms with Crippen LogP contribution in [0, 0.1) is 23.2 Å². The molecule has 2 heteroatoms. The van der Waals surface area contributed by atoms with Gasteiger partial charge in [0.05, 0.1) is 0 Å². The lowest BCUT2D eigenvalue weighted by Crippen LogP contribution is -2.52. The number of allylic oxidation sites excluding steroid dienone is 2. The lowest BCUT2D eigenvalue weighted by Gasteiger charge is -2.58. The van der Waals surface area contributed by atoms with Crippen LogP contribution in [0.2, 0.25) is 0 Å². The topological polar surface area (TPSA) is 26.3 Å². The normalized spacial score (nSPS) is 45.1. The minimum atomic E-state index is -0.156. The second-order valence-corrected chi connectivity index (χ2v) is 5.92. The van der Waals surface area contributed by atoms with E-state index in [9.17, 15) is 4.79 Å². The van der Waals surface area contributed by atoms with E-state index in [4.69, 9.17) is 4.74 Å². The molecule has 2 saturated carbocycles. The zero-order chi connectivity index (χ0) is 11.3. The summed E-state index contributed by atoms with van der Waals surface area (Å²) in [4.78, 5) is 11.1. The Balaban J connectivity index is 1.89. The van der Waals surface area contributed by atoms with Crippen LogP contribution in [0.15, 0.2) is 11.8 Å². The van der Waals surface area contributed by atoms with Crippen molar-refractivity contribution in [2.75, 3.05) is 0 Å². The third-order valence-electron chi connectivity index (χ3n) is 5.07. The van der Waals surface area contributed by atoms with Gasteiger partial charge in [-0.25, -0.2) is 0 Å². The Morgan fingerprint density at radius 3 is 3.06 bits per heavy atom. The van der Waals surface area contributed by atoms with E-state index in [2.05, 4.69) is 13.0 Å². The molecule has 3 aliphatic carbocycles. The Bertz CT molecular complexity index is 358. The number of carbonyl (C=O) groups is 1. The molecule has 0 bridgehead atoms. The van der Waals surface area contributed by atoms with E-state index in [0.717, 1.165) is 18.1 Å². The van der Waals surface area contributed by atoms with Gasteiger partial charge in [-0.05, 0) is 49.0 Å². The van der Waals surface area contributed by atoms with Crippen LogP contribution in [-0.2, 0) is 9.53 Å². The molecule has 2 nitrogen and oxygen atoms in total. The lowest BCUT2D eigenvalue weighted by atomic mass is 9.47. The fourth-order valence-electron chi connectivity index (χ4n) is 4.67. The standard InChI is InChI=1S/C14H20O2/c1-9-8-14-7-3-4-11(14)5-6-12(13(9)14)16-10(2)15/h6,9,11,13H,3-5,7-8H2,1-2H3/t9-,11+,13+,14-/m0/s1. The Morgan fingerprint density at radius 1 is 1.56 bits per heavy atom. The van der Waals surface area contributed by atoms with Crippen molar-refractivity contribution in [3.05, 3.63) is 11.8 Å². The molecule has 88 valence electrons. The summed E-state index contributed by atoms with van der Waals surface area (Å²) >= 11 is 0. The second kappa shape index (κ2) is 3.35. The van der Waals surface area contributed by atoms with Gasteiger partial charge in [-0.3, -0.25) is 4.79 Å². The molecular formula is C14H20O2. The van der Waals surface area contributed by atoms with Crippen LogP contribution in [0.5, 0.6) is 0 Å². The van der Waals surface area contributed by atoms with E-state index in [0.29, 0.717) is 17.3 Å². The van der Waals surface area contributed by atoms with Crippen LogP contribution in [0.25, 0.3) is 0 Å². The van der Waals surface area contributed by atoms with Crippen molar-refractivity contribution in [3.63, 3.8) is 0 Å². The summed E-state index contributed by atoms with van der Waals surface area (Å²) < 4.78 is 5.42. The Labute approximate surface area is 97.1 Å². The summed E-state index contributed by atoms with van der Waals surface area (Å²) in [6.07, 6.45) is 8.77. The zero-order valence-electron chi connectivity index (χ0n) is 10.2. The minimum Gasteiger partial charge on any atom is -0.431 e. The van der Waals surface area contributed by atoms with Gasteiger partial charge in [-0.2, -0.15) is 0 Å². The number of hydrogen-bond acceptors (Lipinski definition) is 2. The number of carbonyl (C=O) groups excluding carboxylic acids is 1. The maximum Gasteiger partial charge on any atom is 0.307 e. The van der Waals surface area contributed by atoms with Crippen molar-refractivity contribution in [1.82, 2.24) is 0 Å². The van der Waals surface area contributed by atoms with E-state index in [1.807, 2.05) is 0 Å².